The SMILES string of the molecule is COc1ccc(OC)c(N(C(=O)CCC(=O)Nc2cc(C)on2)[C@H](C(=O)NC(C)(C)C)c2cccc(OC)c2OC)c1. The van der Waals surface area contributed by atoms with Crippen LogP contribution in [0.25, 0.3) is 0 Å². The Hall–Kier alpha value is -4.74. The highest BCUT2D eigenvalue weighted by Gasteiger charge is 2.38. The molecule has 0 spiro atoms. The van der Waals surface area contributed by atoms with Gasteiger partial charge in [-0.15, -0.1) is 0 Å². The highest BCUT2D eigenvalue weighted by atomic mass is 16.5. The third-order valence-corrected chi connectivity index (χ3v) is 6.11. The van der Waals surface area contributed by atoms with Crippen LogP contribution in [0.15, 0.2) is 47.0 Å². The van der Waals surface area contributed by atoms with Gasteiger partial charge in [-0.05, 0) is 45.9 Å². The normalized spacial score (nSPS) is 11.7. The van der Waals surface area contributed by atoms with Crippen LogP contribution >= 0.6 is 0 Å². The van der Waals surface area contributed by atoms with Gasteiger partial charge in [0.25, 0.3) is 0 Å². The van der Waals surface area contributed by atoms with E-state index in [1.54, 1.807) is 49.4 Å². The van der Waals surface area contributed by atoms with E-state index in [-0.39, 0.29) is 30.1 Å². The van der Waals surface area contributed by atoms with E-state index >= 15 is 0 Å². The molecule has 1 heterocycles. The highest BCUT2D eigenvalue weighted by molar-refractivity contribution is 6.04. The van der Waals surface area contributed by atoms with Crippen LogP contribution in [0, 0.1) is 6.92 Å². The van der Waals surface area contributed by atoms with Gasteiger partial charge in [-0.3, -0.25) is 19.3 Å². The molecular formula is C30H38N4O8. The molecule has 42 heavy (non-hydrogen) atoms. The quantitative estimate of drug-likeness (QED) is 0.317. The van der Waals surface area contributed by atoms with E-state index in [9.17, 15) is 14.4 Å². The van der Waals surface area contributed by atoms with Crippen LogP contribution in [-0.2, 0) is 14.4 Å². The number of carbonyl (C=O) groups is 3. The number of aromatic nitrogens is 1. The summed E-state index contributed by atoms with van der Waals surface area (Å²) in [6.45, 7) is 7.19. The molecule has 3 aromatic rings. The Morgan fingerprint density at radius 3 is 2.21 bits per heavy atom. The molecule has 1 atom stereocenters. The lowest BCUT2D eigenvalue weighted by Crippen LogP contribution is -2.49. The predicted molar refractivity (Wildman–Crippen MR) is 156 cm³/mol. The molecule has 1 aromatic heterocycles. The summed E-state index contributed by atoms with van der Waals surface area (Å²) in [6.07, 6.45) is -0.453. The van der Waals surface area contributed by atoms with E-state index in [4.69, 9.17) is 23.5 Å². The van der Waals surface area contributed by atoms with E-state index in [2.05, 4.69) is 15.8 Å². The van der Waals surface area contributed by atoms with Crippen LogP contribution < -0.4 is 34.5 Å². The largest absolute Gasteiger partial charge is 0.497 e. The molecule has 0 unspecified atom stereocenters. The number of hydrogen-bond acceptors (Lipinski definition) is 9. The second-order valence-corrected chi connectivity index (χ2v) is 10.4. The zero-order valence-corrected chi connectivity index (χ0v) is 25.2. The fourth-order valence-electron chi connectivity index (χ4n) is 4.34. The number of anilines is 2. The fraction of sp³-hybridized carbons (Fsp3) is 0.400. The van der Waals surface area contributed by atoms with Crippen molar-refractivity contribution in [1.29, 1.82) is 0 Å². The second-order valence-electron chi connectivity index (χ2n) is 10.4. The number of benzene rings is 2. The van der Waals surface area contributed by atoms with Gasteiger partial charge in [-0.2, -0.15) is 0 Å². The number of carbonyl (C=O) groups excluding carboxylic acids is 3. The average molecular weight is 583 g/mol. The third kappa shape index (κ3) is 7.71. The van der Waals surface area contributed by atoms with Crippen molar-refractivity contribution >= 4 is 29.2 Å². The van der Waals surface area contributed by atoms with Crippen LogP contribution in [0.2, 0.25) is 0 Å². The van der Waals surface area contributed by atoms with Crippen LogP contribution in [0.1, 0.15) is 51.0 Å². The molecule has 0 aliphatic heterocycles. The van der Waals surface area contributed by atoms with E-state index < -0.39 is 29.3 Å². The summed E-state index contributed by atoms with van der Waals surface area (Å²) in [5.41, 5.74) is -0.0304. The standard InChI is InChI=1S/C30H38N4O8/c1-18-16-24(33-42-18)31-25(35)14-15-26(36)34(21-17-19(38-5)12-13-22(21)39-6)27(29(37)32-30(2,3)4)20-10-9-11-23(40-7)28(20)41-8/h9-13,16-17,27H,14-15H2,1-8H3,(H,32,37)(H,31,33,35)/t27-/m0/s1. The molecule has 2 N–H and O–H groups in total. The van der Waals surface area contributed by atoms with Crippen molar-refractivity contribution in [2.45, 2.75) is 52.1 Å². The summed E-state index contributed by atoms with van der Waals surface area (Å²) < 4.78 is 27.2. The first-order valence-corrected chi connectivity index (χ1v) is 13.2. The number of methoxy groups -OCH3 is 4. The molecule has 3 amide bonds. The Morgan fingerprint density at radius 2 is 1.64 bits per heavy atom. The number of rotatable bonds is 12. The van der Waals surface area contributed by atoms with Crippen LogP contribution in [0.3, 0.4) is 0 Å². The molecule has 0 saturated carbocycles. The molecule has 12 nitrogen and oxygen atoms in total. The molecule has 0 radical (unpaired) electrons. The maximum Gasteiger partial charge on any atom is 0.248 e. The minimum Gasteiger partial charge on any atom is -0.497 e. The molecule has 0 aliphatic rings. The molecule has 0 fully saturated rings. The number of para-hydroxylation sites is 1. The maximum absolute atomic E-state index is 14.2. The molecule has 0 bridgehead atoms. The molecule has 2 aromatic carbocycles. The third-order valence-electron chi connectivity index (χ3n) is 6.11. The van der Waals surface area contributed by atoms with Gasteiger partial charge in [0, 0.05) is 36.1 Å². The van der Waals surface area contributed by atoms with E-state index in [1.165, 1.54) is 33.3 Å². The molecule has 3 rings (SSSR count). The highest BCUT2D eigenvalue weighted by Crippen LogP contribution is 2.43. The fourth-order valence-corrected chi connectivity index (χ4v) is 4.34. The number of nitrogens with one attached hydrogen (secondary N) is 2. The first kappa shape index (κ1) is 31.8. The summed E-state index contributed by atoms with van der Waals surface area (Å²) in [4.78, 5) is 42.3. The van der Waals surface area contributed by atoms with Gasteiger partial charge in [-0.1, -0.05) is 17.3 Å². The summed E-state index contributed by atoms with van der Waals surface area (Å²) in [6, 6.07) is 10.3. The summed E-state index contributed by atoms with van der Waals surface area (Å²) in [7, 11) is 5.88. The number of amides is 3. The van der Waals surface area contributed by atoms with Gasteiger partial charge in [0.05, 0.1) is 34.1 Å². The van der Waals surface area contributed by atoms with Gasteiger partial charge < -0.3 is 34.1 Å². The van der Waals surface area contributed by atoms with Crippen molar-refractivity contribution in [2.75, 3.05) is 38.7 Å². The first-order chi connectivity index (χ1) is 19.9. The Morgan fingerprint density at radius 1 is 0.929 bits per heavy atom. The number of hydrogen-bond donors (Lipinski definition) is 2. The minimum atomic E-state index is -1.26. The summed E-state index contributed by atoms with van der Waals surface area (Å²) in [5.74, 6) is 0.657. The van der Waals surface area contributed by atoms with Crippen molar-refractivity contribution in [3.63, 3.8) is 0 Å². The predicted octanol–water partition coefficient (Wildman–Crippen LogP) is 4.43. The molecular weight excluding hydrogens is 544 g/mol. The van der Waals surface area contributed by atoms with Crippen molar-refractivity contribution in [3.05, 3.63) is 53.8 Å². The number of aryl methyl sites for hydroxylation is 1. The Bertz CT molecular complexity index is 1410. The monoisotopic (exact) mass is 582 g/mol. The van der Waals surface area contributed by atoms with Crippen molar-refractivity contribution in [2.24, 2.45) is 0 Å². The summed E-state index contributed by atoms with van der Waals surface area (Å²) in [5, 5.41) is 9.35. The van der Waals surface area contributed by atoms with Gasteiger partial charge in [0.2, 0.25) is 17.7 Å². The maximum atomic E-state index is 14.2. The van der Waals surface area contributed by atoms with Crippen molar-refractivity contribution < 1.29 is 37.9 Å². The van der Waals surface area contributed by atoms with Gasteiger partial charge in [0.15, 0.2) is 17.3 Å². The zero-order chi connectivity index (χ0) is 31.0. The Kier molecular flexibility index (Phi) is 10.4. The van der Waals surface area contributed by atoms with Crippen LogP contribution in [0.4, 0.5) is 11.5 Å². The molecule has 226 valence electrons. The van der Waals surface area contributed by atoms with Gasteiger partial charge in [0.1, 0.15) is 23.3 Å². The number of ether oxygens (including phenoxy) is 4. The van der Waals surface area contributed by atoms with Gasteiger partial charge in [-0.25, -0.2) is 0 Å². The zero-order valence-electron chi connectivity index (χ0n) is 25.2. The van der Waals surface area contributed by atoms with Gasteiger partial charge >= 0.3 is 0 Å². The summed E-state index contributed by atoms with van der Waals surface area (Å²) >= 11 is 0. The van der Waals surface area contributed by atoms with Crippen molar-refractivity contribution in [1.82, 2.24) is 10.5 Å². The average Bonchev–Trinajstić information content (AvgIpc) is 3.36. The van der Waals surface area contributed by atoms with Crippen molar-refractivity contribution in [3.8, 4) is 23.0 Å². The molecule has 12 heteroatoms. The molecule has 0 saturated heterocycles. The Labute approximate surface area is 245 Å². The lowest BCUT2D eigenvalue weighted by molar-refractivity contribution is -0.128. The minimum absolute atomic E-state index is 0.198. The van der Waals surface area contributed by atoms with Crippen LogP contribution in [-0.4, -0.2) is 56.9 Å². The van der Waals surface area contributed by atoms with E-state index in [0.717, 1.165) is 0 Å². The lowest BCUT2D eigenvalue weighted by Gasteiger charge is -2.35. The first-order valence-electron chi connectivity index (χ1n) is 13.2. The van der Waals surface area contributed by atoms with Crippen LogP contribution in [0.5, 0.6) is 23.0 Å². The molecule has 0 aliphatic carbocycles. The second kappa shape index (κ2) is 13.7. The number of nitrogens with zero attached hydrogens (tertiary/aromatic N) is 2. The lowest BCUT2D eigenvalue weighted by atomic mass is 9.98. The van der Waals surface area contributed by atoms with E-state index in [0.29, 0.717) is 28.6 Å². The Balaban J connectivity index is 2.17. The topological polar surface area (TPSA) is 141 Å². The van der Waals surface area contributed by atoms with E-state index in [1.807, 2.05) is 20.8 Å². The smallest absolute Gasteiger partial charge is 0.248 e.